The molecule has 0 saturated heterocycles. The Kier molecular flexibility index (Phi) is 3.95. The molecule has 0 fully saturated rings. The molecule has 2 aromatic carbocycles. The normalized spacial score (nSPS) is 10.3. The number of benzene rings is 2. The number of hydrogen-bond donors (Lipinski definition) is 0. The third-order valence-corrected chi connectivity index (χ3v) is 3.10. The molecule has 0 aliphatic rings. The number of ether oxygens (including phenoxy) is 1. The fraction of sp³-hybridized carbons (Fsp3) is 0.0714. The Labute approximate surface area is 117 Å². The molecule has 0 heterocycles. The van der Waals surface area contributed by atoms with Crippen LogP contribution < -0.4 is 4.74 Å². The molecule has 0 unspecified atom stereocenters. The Morgan fingerprint density at radius 3 is 2.53 bits per heavy atom. The third-order valence-electron chi connectivity index (χ3n) is 2.46. The van der Waals surface area contributed by atoms with Gasteiger partial charge in [-0.1, -0.05) is 6.07 Å². The van der Waals surface area contributed by atoms with Gasteiger partial charge in [-0.15, -0.1) is 0 Å². The smallest absolute Gasteiger partial charge is 0.173 e. The number of carbonyl (C=O) groups is 1. The van der Waals surface area contributed by atoms with E-state index in [4.69, 9.17) is 4.74 Å². The number of para-hydroxylation sites is 1. The molecule has 0 saturated carbocycles. The van der Waals surface area contributed by atoms with Crippen LogP contribution >= 0.6 is 15.9 Å². The predicted octanol–water partition coefficient (Wildman–Crippen LogP) is 4.72. The third kappa shape index (κ3) is 2.98. The van der Waals surface area contributed by atoms with E-state index in [1.807, 2.05) is 0 Å². The second kappa shape index (κ2) is 5.48. The molecule has 0 spiro atoms. The van der Waals surface area contributed by atoms with E-state index in [2.05, 4.69) is 15.9 Å². The van der Waals surface area contributed by atoms with Gasteiger partial charge < -0.3 is 4.74 Å². The summed E-state index contributed by atoms with van der Waals surface area (Å²) in [6.45, 7) is 1.31. The van der Waals surface area contributed by atoms with Gasteiger partial charge in [0.2, 0.25) is 0 Å². The van der Waals surface area contributed by atoms with Gasteiger partial charge in [-0.2, -0.15) is 0 Å². The van der Waals surface area contributed by atoms with Crippen molar-refractivity contribution in [3.63, 3.8) is 0 Å². The average molecular weight is 327 g/mol. The van der Waals surface area contributed by atoms with Gasteiger partial charge in [-0.05, 0) is 47.1 Å². The number of rotatable bonds is 3. The van der Waals surface area contributed by atoms with E-state index in [0.29, 0.717) is 0 Å². The Morgan fingerprint density at radius 1 is 1.16 bits per heavy atom. The van der Waals surface area contributed by atoms with E-state index in [1.165, 1.54) is 37.3 Å². The summed E-state index contributed by atoms with van der Waals surface area (Å²) in [6.07, 6.45) is 0. The SMILES string of the molecule is CC(=O)c1cccc(F)c1Oc1ccc(Br)c(F)c1. The largest absolute Gasteiger partial charge is 0.453 e. The van der Waals surface area contributed by atoms with Gasteiger partial charge in [0.05, 0.1) is 10.0 Å². The maximum Gasteiger partial charge on any atom is 0.173 e. The van der Waals surface area contributed by atoms with Gasteiger partial charge in [0, 0.05) is 6.07 Å². The van der Waals surface area contributed by atoms with Gasteiger partial charge in [0.25, 0.3) is 0 Å². The van der Waals surface area contributed by atoms with Gasteiger partial charge in [-0.3, -0.25) is 4.79 Å². The molecule has 2 rings (SSSR count). The number of hydrogen-bond acceptors (Lipinski definition) is 2. The summed E-state index contributed by atoms with van der Waals surface area (Å²) < 4.78 is 32.6. The lowest BCUT2D eigenvalue weighted by atomic mass is 10.1. The van der Waals surface area contributed by atoms with E-state index in [-0.39, 0.29) is 27.3 Å². The number of ketones is 1. The minimum Gasteiger partial charge on any atom is -0.453 e. The quantitative estimate of drug-likeness (QED) is 0.763. The fourth-order valence-corrected chi connectivity index (χ4v) is 1.79. The molecular weight excluding hydrogens is 318 g/mol. The van der Waals surface area contributed by atoms with Gasteiger partial charge in [0.1, 0.15) is 11.6 Å². The van der Waals surface area contributed by atoms with Crippen molar-refractivity contribution in [3.8, 4) is 11.5 Å². The molecule has 19 heavy (non-hydrogen) atoms. The van der Waals surface area contributed by atoms with Crippen LogP contribution in [0.3, 0.4) is 0 Å². The van der Waals surface area contributed by atoms with Crippen molar-refractivity contribution < 1.29 is 18.3 Å². The first-order valence-corrected chi connectivity index (χ1v) is 6.20. The molecule has 0 aliphatic carbocycles. The summed E-state index contributed by atoms with van der Waals surface area (Å²) in [4.78, 5) is 11.4. The molecule has 98 valence electrons. The minimum absolute atomic E-state index is 0.114. The molecule has 0 atom stereocenters. The Hall–Kier alpha value is -1.75. The van der Waals surface area contributed by atoms with Crippen molar-refractivity contribution >= 4 is 21.7 Å². The van der Waals surface area contributed by atoms with E-state index in [9.17, 15) is 13.6 Å². The molecular formula is C14H9BrF2O2. The first-order valence-electron chi connectivity index (χ1n) is 5.41. The maximum atomic E-state index is 13.7. The second-order valence-electron chi connectivity index (χ2n) is 3.85. The topological polar surface area (TPSA) is 26.3 Å². The molecule has 0 bridgehead atoms. The molecule has 0 amide bonds. The number of Topliss-reactive ketones (excluding diaryl/α,β-unsaturated/α-hetero) is 1. The maximum absolute atomic E-state index is 13.7. The van der Waals surface area contributed by atoms with Gasteiger partial charge in [-0.25, -0.2) is 8.78 Å². The highest BCUT2D eigenvalue weighted by atomic mass is 79.9. The molecule has 0 aliphatic heterocycles. The lowest BCUT2D eigenvalue weighted by molar-refractivity contribution is 0.101. The highest BCUT2D eigenvalue weighted by molar-refractivity contribution is 9.10. The predicted molar refractivity (Wildman–Crippen MR) is 70.6 cm³/mol. The van der Waals surface area contributed by atoms with Crippen LogP contribution in [0.1, 0.15) is 17.3 Å². The van der Waals surface area contributed by atoms with E-state index in [0.717, 1.165) is 6.07 Å². The molecule has 2 aromatic rings. The molecule has 5 heteroatoms. The van der Waals surface area contributed by atoms with Crippen LogP contribution in [0.4, 0.5) is 8.78 Å². The summed E-state index contributed by atoms with van der Waals surface area (Å²) in [7, 11) is 0. The number of carbonyl (C=O) groups excluding carboxylic acids is 1. The first kappa shape index (κ1) is 13.7. The molecule has 0 radical (unpaired) electrons. The average Bonchev–Trinajstić information content (AvgIpc) is 2.36. The van der Waals surface area contributed by atoms with Crippen molar-refractivity contribution in [1.29, 1.82) is 0 Å². The second-order valence-corrected chi connectivity index (χ2v) is 4.71. The number of halogens is 3. The molecule has 0 aromatic heterocycles. The standard InChI is InChI=1S/C14H9BrF2O2/c1-8(18)10-3-2-4-12(16)14(10)19-9-5-6-11(15)13(17)7-9/h2-7H,1H3. The highest BCUT2D eigenvalue weighted by Crippen LogP contribution is 2.30. The summed E-state index contributed by atoms with van der Waals surface area (Å²) in [6, 6.07) is 8.08. The van der Waals surface area contributed by atoms with E-state index < -0.39 is 11.6 Å². The summed E-state index contributed by atoms with van der Waals surface area (Å²) in [5, 5.41) is 0. The molecule has 2 nitrogen and oxygen atoms in total. The minimum atomic E-state index is -0.670. The Morgan fingerprint density at radius 2 is 1.89 bits per heavy atom. The Bertz CT molecular complexity index is 641. The van der Waals surface area contributed by atoms with Crippen LogP contribution in [0.25, 0.3) is 0 Å². The van der Waals surface area contributed by atoms with Crippen LogP contribution in [0.15, 0.2) is 40.9 Å². The summed E-state index contributed by atoms with van der Waals surface area (Å²) in [5.74, 6) is -1.61. The van der Waals surface area contributed by atoms with Crippen LogP contribution in [-0.4, -0.2) is 5.78 Å². The van der Waals surface area contributed by atoms with Crippen molar-refractivity contribution in [2.24, 2.45) is 0 Å². The fourth-order valence-electron chi connectivity index (χ4n) is 1.55. The van der Waals surface area contributed by atoms with Crippen molar-refractivity contribution in [3.05, 3.63) is 58.1 Å². The van der Waals surface area contributed by atoms with Gasteiger partial charge >= 0.3 is 0 Å². The monoisotopic (exact) mass is 326 g/mol. The van der Waals surface area contributed by atoms with E-state index in [1.54, 1.807) is 0 Å². The Balaban J connectivity index is 2.42. The first-order chi connectivity index (χ1) is 8.99. The van der Waals surface area contributed by atoms with Crippen LogP contribution in [-0.2, 0) is 0 Å². The zero-order chi connectivity index (χ0) is 14.0. The zero-order valence-electron chi connectivity index (χ0n) is 9.91. The van der Waals surface area contributed by atoms with Crippen molar-refractivity contribution in [1.82, 2.24) is 0 Å². The van der Waals surface area contributed by atoms with Crippen molar-refractivity contribution in [2.45, 2.75) is 6.92 Å². The van der Waals surface area contributed by atoms with Crippen LogP contribution in [0.2, 0.25) is 0 Å². The van der Waals surface area contributed by atoms with Gasteiger partial charge in [0.15, 0.2) is 17.3 Å². The molecule has 0 N–H and O–H groups in total. The van der Waals surface area contributed by atoms with Crippen molar-refractivity contribution in [2.75, 3.05) is 0 Å². The van der Waals surface area contributed by atoms with E-state index >= 15 is 0 Å². The van der Waals surface area contributed by atoms with Crippen LogP contribution in [0, 0.1) is 11.6 Å². The highest BCUT2D eigenvalue weighted by Gasteiger charge is 2.14. The summed E-state index contributed by atoms with van der Waals surface area (Å²) in [5.41, 5.74) is 0.114. The zero-order valence-corrected chi connectivity index (χ0v) is 11.5. The lowest BCUT2D eigenvalue weighted by Gasteiger charge is -2.10. The summed E-state index contributed by atoms with van der Waals surface area (Å²) >= 11 is 3.01. The lowest BCUT2D eigenvalue weighted by Crippen LogP contribution is -1.99. The van der Waals surface area contributed by atoms with Crippen LogP contribution in [0.5, 0.6) is 11.5 Å².